The van der Waals surface area contributed by atoms with Crippen molar-refractivity contribution in [1.82, 2.24) is 4.90 Å². The van der Waals surface area contributed by atoms with E-state index in [9.17, 15) is 9.59 Å². The maximum atomic E-state index is 14.1. The highest BCUT2D eigenvalue weighted by Gasteiger charge is 2.26. The quantitative estimate of drug-likeness (QED) is 0.229. The largest absolute Gasteiger partial charge is 0.377 e. The van der Waals surface area contributed by atoms with Gasteiger partial charge in [0.1, 0.15) is 0 Å². The van der Waals surface area contributed by atoms with Crippen LogP contribution in [0.25, 0.3) is 0 Å². The highest BCUT2D eigenvalue weighted by molar-refractivity contribution is 6.34. The monoisotopic (exact) mass is 539 g/mol. The molecule has 1 N–H and O–H groups in total. The van der Waals surface area contributed by atoms with Crippen molar-refractivity contribution in [2.24, 2.45) is 0 Å². The zero-order valence-corrected chi connectivity index (χ0v) is 23.4. The lowest BCUT2D eigenvalue weighted by Crippen LogP contribution is -2.34. The zero-order chi connectivity index (χ0) is 27.8. The number of nitrogens with one attached hydrogen (secondary N) is 1. The van der Waals surface area contributed by atoms with Crippen LogP contribution >= 0.6 is 11.6 Å². The Kier molecular flexibility index (Phi) is 9.40. The predicted octanol–water partition coefficient (Wildman–Crippen LogP) is 7.38. The molecule has 200 valence electrons. The van der Waals surface area contributed by atoms with Gasteiger partial charge in [-0.15, -0.1) is 0 Å². The van der Waals surface area contributed by atoms with Crippen LogP contribution in [0.4, 0.5) is 11.4 Å². The maximum Gasteiger partial charge on any atom is 0.257 e. The molecule has 0 bridgehead atoms. The van der Waals surface area contributed by atoms with E-state index < -0.39 is 0 Å². The molecule has 0 spiro atoms. The van der Waals surface area contributed by atoms with Crippen molar-refractivity contribution in [3.63, 3.8) is 0 Å². The van der Waals surface area contributed by atoms with E-state index in [1.165, 1.54) is 0 Å². The second-order valence-corrected chi connectivity index (χ2v) is 10.1. The number of carbonyl (C=O) groups is 2. The molecule has 2 amide bonds. The molecule has 0 aromatic heterocycles. The highest BCUT2D eigenvalue weighted by atomic mass is 35.5. The fraction of sp³-hybridized carbons (Fsp3) is 0.212. The second-order valence-electron chi connectivity index (χ2n) is 9.72. The first kappa shape index (κ1) is 27.9. The molecule has 5 nitrogen and oxygen atoms in total. The first-order chi connectivity index (χ1) is 18.9. The summed E-state index contributed by atoms with van der Waals surface area (Å²) >= 11 is 6.25. The van der Waals surface area contributed by atoms with Crippen LogP contribution in [0.15, 0.2) is 103 Å². The molecular weight excluding hydrogens is 506 g/mol. The van der Waals surface area contributed by atoms with Crippen molar-refractivity contribution < 1.29 is 9.59 Å². The van der Waals surface area contributed by atoms with Gasteiger partial charge in [-0.05, 0) is 53.4 Å². The van der Waals surface area contributed by atoms with Crippen molar-refractivity contribution in [3.8, 4) is 0 Å². The van der Waals surface area contributed by atoms with E-state index in [1.54, 1.807) is 24.3 Å². The smallest absolute Gasteiger partial charge is 0.257 e. The number of carbonyl (C=O) groups excluding carboxylic acids is 2. The molecule has 0 radical (unpaired) electrons. The molecule has 0 unspecified atom stereocenters. The number of nitrogens with zero attached hydrogens (tertiary/aromatic N) is 2. The fourth-order valence-corrected chi connectivity index (χ4v) is 4.97. The summed E-state index contributed by atoms with van der Waals surface area (Å²) < 4.78 is 0. The predicted molar refractivity (Wildman–Crippen MR) is 160 cm³/mol. The van der Waals surface area contributed by atoms with E-state index in [2.05, 4.69) is 5.32 Å². The van der Waals surface area contributed by atoms with Crippen LogP contribution in [0.3, 0.4) is 0 Å². The maximum absolute atomic E-state index is 14.1. The number of benzene rings is 4. The van der Waals surface area contributed by atoms with E-state index in [4.69, 9.17) is 11.6 Å². The lowest BCUT2D eigenvalue weighted by Gasteiger charge is -2.29. The molecule has 0 aliphatic heterocycles. The third kappa shape index (κ3) is 7.06. The number of amides is 2. The first-order valence-electron chi connectivity index (χ1n) is 13.1. The van der Waals surface area contributed by atoms with Crippen LogP contribution in [0.1, 0.15) is 46.3 Å². The summed E-state index contributed by atoms with van der Waals surface area (Å²) in [6.45, 7) is 2.92. The van der Waals surface area contributed by atoms with Gasteiger partial charge in [0.05, 0.1) is 16.5 Å². The normalized spacial score (nSPS) is 11.5. The van der Waals surface area contributed by atoms with Crippen LogP contribution in [-0.4, -0.2) is 30.8 Å². The van der Waals surface area contributed by atoms with Gasteiger partial charge >= 0.3 is 0 Å². The summed E-state index contributed by atoms with van der Waals surface area (Å²) in [6.07, 6.45) is 0.697. The van der Waals surface area contributed by atoms with E-state index in [0.717, 1.165) is 22.4 Å². The number of halogens is 1. The van der Waals surface area contributed by atoms with Crippen LogP contribution < -0.4 is 10.2 Å². The Morgan fingerprint density at radius 1 is 0.821 bits per heavy atom. The molecule has 0 fully saturated rings. The second kappa shape index (κ2) is 13.1. The molecule has 6 heteroatoms. The summed E-state index contributed by atoms with van der Waals surface area (Å²) in [4.78, 5) is 31.0. The Bertz CT molecular complexity index is 1410. The molecule has 39 heavy (non-hydrogen) atoms. The molecule has 0 saturated carbocycles. The van der Waals surface area contributed by atoms with Gasteiger partial charge in [0, 0.05) is 38.6 Å². The van der Waals surface area contributed by atoms with Crippen molar-refractivity contribution in [2.75, 3.05) is 24.3 Å². The van der Waals surface area contributed by atoms with Gasteiger partial charge in [0.2, 0.25) is 5.91 Å². The van der Waals surface area contributed by atoms with E-state index in [1.807, 2.05) is 110 Å². The van der Waals surface area contributed by atoms with Gasteiger partial charge in [-0.25, -0.2) is 0 Å². The van der Waals surface area contributed by atoms with Gasteiger partial charge in [-0.2, -0.15) is 0 Å². The van der Waals surface area contributed by atoms with Crippen molar-refractivity contribution in [1.29, 1.82) is 0 Å². The van der Waals surface area contributed by atoms with Crippen molar-refractivity contribution in [3.05, 3.63) is 130 Å². The minimum Gasteiger partial charge on any atom is -0.377 e. The Labute approximate surface area is 236 Å². The lowest BCUT2D eigenvalue weighted by molar-refractivity contribution is -0.134. The Morgan fingerprint density at radius 3 is 2.10 bits per heavy atom. The number of rotatable bonds is 10. The van der Waals surface area contributed by atoms with E-state index >= 15 is 0 Å². The van der Waals surface area contributed by atoms with Gasteiger partial charge in [-0.1, -0.05) is 91.3 Å². The van der Waals surface area contributed by atoms with Gasteiger partial charge in [0.25, 0.3) is 5.91 Å². The third-order valence-corrected chi connectivity index (χ3v) is 7.06. The Balaban J connectivity index is 1.68. The number of anilines is 2. The molecular formula is C33H34ClN3O2. The standard InChI is InChI=1S/C33H34ClN3O2/c1-4-28(25-15-9-6-10-16-25)33(39)37(22-24-13-7-5-8-14-24)23-26-21-27(19-20-31(26)36(2)3)35-32(38)29-17-11-12-18-30(29)34/h5-21,28H,4,22-23H2,1-3H3,(H,35,38)/t28-/m0/s1. The molecule has 1 atom stereocenters. The van der Waals surface area contributed by atoms with E-state index in [-0.39, 0.29) is 17.7 Å². The van der Waals surface area contributed by atoms with E-state index in [0.29, 0.717) is 35.8 Å². The van der Waals surface area contributed by atoms with Crippen molar-refractivity contribution in [2.45, 2.75) is 32.4 Å². The fourth-order valence-electron chi connectivity index (χ4n) is 4.75. The van der Waals surface area contributed by atoms with Crippen LogP contribution in [0.2, 0.25) is 5.02 Å². The summed E-state index contributed by atoms with van der Waals surface area (Å²) in [5, 5.41) is 3.37. The summed E-state index contributed by atoms with van der Waals surface area (Å²) in [7, 11) is 3.95. The molecule has 0 aliphatic rings. The van der Waals surface area contributed by atoms with Crippen LogP contribution in [0, 0.1) is 0 Å². The van der Waals surface area contributed by atoms with Crippen LogP contribution in [0.5, 0.6) is 0 Å². The Hall–Kier alpha value is -4.09. The van der Waals surface area contributed by atoms with Gasteiger partial charge in [-0.3, -0.25) is 9.59 Å². The SMILES string of the molecule is CC[C@H](C(=O)N(Cc1ccccc1)Cc1cc(NC(=O)c2ccccc2Cl)ccc1N(C)C)c1ccccc1. The zero-order valence-electron chi connectivity index (χ0n) is 22.6. The lowest BCUT2D eigenvalue weighted by atomic mass is 9.94. The summed E-state index contributed by atoms with van der Waals surface area (Å²) in [5.41, 5.74) is 5.03. The average Bonchev–Trinajstić information content (AvgIpc) is 2.94. The summed E-state index contributed by atoms with van der Waals surface area (Å²) in [6, 6.07) is 32.7. The summed E-state index contributed by atoms with van der Waals surface area (Å²) in [5.74, 6) is -0.458. The molecule has 4 rings (SSSR count). The average molecular weight is 540 g/mol. The molecule has 4 aromatic rings. The van der Waals surface area contributed by atoms with Crippen molar-refractivity contribution >= 4 is 34.8 Å². The topological polar surface area (TPSA) is 52.7 Å². The number of hydrogen-bond donors (Lipinski definition) is 1. The van der Waals surface area contributed by atoms with Gasteiger partial charge < -0.3 is 15.1 Å². The Morgan fingerprint density at radius 2 is 1.46 bits per heavy atom. The van der Waals surface area contributed by atoms with Gasteiger partial charge in [0.15, 0.2) is 0 Å². The molecule has 0 aliphatic carbocycles. The molecule has 0 heterocycles. The highest BCUT2D eigenvalue weighted by Crippen LogP contribution is 2.29. The minimum atomic E-state index is -0.281. The third-order valence-electron chi connectivity index (χ3n) is 6.74. The minimum absolute atomic E-state index is 0.0720. The number of hydrogen-bond acceptors (Lipinski definition) is 3. The molecule has 4 aromatic carbocycles. The molecule has 0 saturated heterocycles. The van der Waals surface area contributed by atoms with Crippen LogP contribution in [-0.2, 0) is 17.9 Å². The first-order valence-corrected chi connectivity index (χ1v) is 13.5.